The van der Waals surface area contributed by atoms with E-state index in [9.17, 15) is 0 Å². The molecule has 0 saturated carbocycles. The van der Waals surface area contributed by atoms with Crippen LogP contribution in [0.25, 0.3) is 22.3 Å². The first-order valence-corrected chi connectivity index (χ1v) is 6.05. The Kier molecular flexibility index (Phi) is 2.18. The number of nitrogens with zero attached hydrogens (tertiary/aromatic N) is 2. The van der Waals surface area contributed by atoms with Gasteiger partial charge in [-0.15, -0.1) is 11.3 Å². The van der Waals surface area contributed by atoms with Gasteiger partial charge in [-0.3, -0.25) is 0 Å². The third-order valence-electron chi connectivity index (χ3n) is 2.53. The van der Waals surface area contributed by atoms with Crippen LogP contribution in [-0.4, -0.2) is 9.97 Å². The van der Waals surface area contributed by atoms with E-state index in [1.54, 1.807) is 11.3 Å². The molecule has 1 aromatic carbocycles. The van der Waals surface area contributed by atoms with Crippen LogP contribution in [0.3, 0.4) is 0 Å². The Morgan fingerprint density at radius 1 is 0.938 bits per heavy atom. The second kappa shape index (κ2) is 3.68. The number of fused-ring (bicyclic) bond motifs is 1. The summed E-state index contributed by atoms with van der Waals surface area (Å²) in [5.74, 6) is 0. The highest BCUT2D eigenvalue weighted by atomic mass is 32.1. The summed E-state index contributed by atoms with van der Waals surface area (Å²) >= 11 is 1.64. The average molecular weight is 226 g/mol. The van der Waals surface area contributed by atoms with Crippen molar-refractivity contribution in [3.63, 3.8) is 0 Å². The Balaban J connectivity index is 2.27. The Bertz CT molecular complexity index is 629. The van der Waals surface area contributed by atoms with Gasteiger partial charge in [0.25, 0.3) is 0 Å². The first kappa shape index (κ1) is 9.48. The zero-order valence-corrected chi connectivity index (χ0v) is 9.66. The van der Waals surface area contributed by atoms with E-state index in [1.807, 2.05) is 35.9 Å². The fourth-order valence-electron chi connectivity index (χ4n) is 1.76. The SMILES string of the molecule is Cc1nc2cscc2nc1-c1ccccc1. The van der Waals surface area contributed by atoms with Gasteiger partial charge in [0, 0.05) is 16.3 Å². The van der Waals surface area contributed by atoms with E-state index in [0.717, 1.165) is 28.0 Å². The van der Waals surface area contributed by atoms with Crippen LogP contribution < -0.4 is 0 Å². The molecule has 0 amide bonds. The van der Waals surface area contributed by atoms with Crippen molar-refractivity contribution >= 4 is 22.4 Å². The van der Waals surface area contributed by atoms with Crippen LogP contribution in [0.4, 0.5) is 0 Å². The number of hydrogen-bond acceptors (Lipinski definition) is 3. The van der Waals surface area contributed by atoms with Gasteiger partial charge in [0.1, 0.15) is 5.52 Å². The Morgan fingerprint density at radius 3 is 2.38 bits per heavy atom. The Labute approximate surface area is 97.6 Å². The molecule has 3 aromatic rings. The van der Waals surface area contributed by atoms with Gasteiger partial charge in [0.05, 0.1) is 16.9 Å². The van der Waals surface area contributed by atoms with Crippen molar-refractivity contribution in [2.24, 2.45) is 0 Å². The first-order valence-electron chi connectivity index (χ1n) is 5.10. The fraction of sp³-hybridized carbons (Fsp3) is 0.0769. The van der Waals surface area contributed by atoms with Gasteiger partial charge in [0.15, 0.2) is 0 Å². The molecule has 0 radical (unpaired) electrons. The number of hydrogen-bond donors (Lipinski definition) is 0. The molecular weight excluding hydrogens is 216 g/mol. The van der Waals surface area contributed by atoms with E-state index in [4.69, 9.17) is 0 Å². The maximum Gasteiger partial charge on any atom is 0.100 e. The molecule has 0 N–H and O–H groups in total. The summed E-state index contributed by atoms with van der Waals surface area (Å²) in [7, 11) is 0. The van der Waals surface area contributed by atoms with E-state index in [1.165, 1.54) is 0 Å². The summed E-state index contributed by atoms with van der Waals surface area (Å²) in [5, 5.41) is 4.07. The number of benzene rings is 1. The van der Waals surface area contributed by atoms with E-state index in [2.05, 4.69) is 22.1 Å². The molecule has 0 unspecified atom stereocenters. The van der Waals surface area contributed by atoms with Gasteiger partial charge in [-0.25, -0.2) is 9.97 Å². The lowest BCUT2D eigenvalue weighted by Gasteiger charge is -2.04. The summed E-state index contributed by atoms with van der Waals surface area (Å²) < 4.78 is 0. The third-order valence-corrected chi connectivity index (χ3v) is 3.25. The molecule has 0 fully saturated rings. The molecule has 0 atom stereocenters. The molecule has 0 aliphatic heterocycles. The van der Waals surface area contributed by atoms with E-state index in [0.29, 0.717) is 0 Å². The number of aryl methyl sites for hydroxylation is 1. The zero-order valence-electron chi connectivity index (χ0n) is 8.84. The largest absolute Gasteiger partial charge is 0.248 e. The Hall–Kier alpha value is -1.74. The minimum absolute atomic E-state index is 0.978. The fourth-order valence-corrected chi connectivity index (χ4v) is 2.43. The molecule has 0 saturated heterocycles. The van der Waals surface area contributed by atoms with Gasteiger partial charge in [-0.05, 0) is 6.92 Å². The molecule has 78 valence electrons. The van der Waals surface area contributed by atoms with Crippen LogP contribution in [0, 0.1) is 6.92 Å². The smallest absolute Gasteiger partial charge is 0.100 e. The normalized spacial score (nSPS) is 10.8. The van der Waals surface area contributed by atoms with E-state index in [-0.39, 0.29) is 0 Å². The first-order chi connectivity index (χ1) is 7.84. The predicted molar refractivity (Wildman–Crippen MR) is 67.6 cm³/mol. The van der Waals surface area contributed by atoms with Crippen LogP contribution in [0.2, 0.25) is 0 Å². The van der Waals surface area contributed by atoms with Crippen LogP contribution in [-0.2, 0) is 0 Å². The molecule has 0 bridgehead atoms. The molecule has 16 heavy (non-hydrogen) atoms. The lowest BCUT2D eigenvalue weighted by molar-refractivity contribution is 1.20. The summed E-state index contributed by atoms with van der Waals surface area (Å²) in [5.41, 5.74) is 5.06. The van der Waals surface area contributed by atoms with Crippen LogP contribution in [0.15, 0.2) is 41.1 Å². The summed E-state index contributed by atoms with van der Waals surface area (Å²) in [6.07, 6.45) is 0. The van der Waals surface area contributed by atoms with Crippen LogP contribution in [0.5, 0.6) is 0 Å². The lowest BCUT2D eigenvalue weighted by Crippen LogP contribution is -1.92. The zero-order chi connectivity index (χ0) is 11.0. The quantitative estimate of drug-likeness (QED) is 0.632. The second-order valence-electron chi connectivity index (χ2n) is 3.67. The molecule has 3 rings (SSSR count). The molecular formula is C13H10N2S. The minimum atomic E-state index is 0.978. The highest BCUT2D eigenvalue weighted by Gasteiger charge is 2.07. The molecule has 0 spiro atoms. The van der Waals surface area contributed by atoms with Crippen molar-refractivity contribution < 1.29 is 0 Å². The third kappa shape index (κ3) is 1.49. The second-order valence-corrected chi connectivity index (χ2v) is 4.41. The lowest BCUT2D eigenvalue weighted by atomic mass is 10.1. The Morgan fingerprint density at radius 2 is 1.62 bits per heavy atom. The molecule has 0 aliphatic carbocycles. The van der Waals surface area contributed by atoms with Gasteiger partial charge in [-0.2, -0.15) is 0 Å². The highest BCUT2D eigenvalue weighted by molar-refractivity contribution is 7.09. The maximum absolute atomic E-state index is 4.65. The molecule has 2 nitrogen and oxygen atoms in total. The monoisotopic (exact) mass is 226 g/mol. The maximum atomic E-state index is 4.65. The molecule has 0 aliphatic rings. The summed E-state index contributed by atoms with van der Waals surface area (Å²) in [6.45, 7) is 2.01. The number of rotatable bonds is 1. The molecule has 2 heterocycles. The van der Waals surface area contributed by atoms with Crippen molar-refractivity contribution in [3.05, 3.63) is 46.8 Å². The molecule has 2 aromatic heterocycles. The van der Waals surface area contributed by atoms with Gasteiger partial charge in [0.2, 0.25) is 0 Å². The summed E-state index contributed by atoms with van der Waals surface area (Å²) in [4.78, 5) is 9.21. The highest BCUT2D eigenvalue weighted by Crippen LogP contribution is 2.24. The minimum Gasteiger partial charge on any atom is -0.248 e. The number of thiophene rings is 1. The standard InChI is InChI=1S/C13H10N2S/c1-9-13(10-5-3-2-4-6-10)15-12-8-16-7-11(12)14-9/h2-8H,1H3. The van der Waals surface area contributed by atoms with Crippen LogP contribution in [0.1, 0.15) is 5.69 Å². The van der Waals surface area contributed by atoms with Gasteiger partial charge in [-0.1, -0.05) is 30.3 Å². The van der Waals surface area contributed by atoms with Crippen molar-refractivity contribution in [3.8, 4) is 11.3 Å². The van der Waals surface area contributed by atoms with Gasteiger partial charge < -0.3 is 0 Å². The topological polar surface area (TPSA) is 25.8 Å². The number of aromatic nitrogens is 2. The van der Waals surface area contributed by atoms with Crippen molar-refractivity contribution in [1.29, 1.82) is 0 Å². The van der Waals surface area contributed by atoms with Crippen LogP contribution >= 0.6 is 11.3 Å². The van der Waals surface area contributed by atoms with Crippen molar-refractivity contribution in [2.75, 3.05) is 0 Å². The molecule has 3 heteroatoms. The predicted octanol–water partition coefficient (Wildman–Crippen LogP) is 3.67. The average Bonchev–Trinajstić information content (AvgIpc) is 2.76. The van der Waals surface area contributed by atoms with Crippen molar-refractivity contribution in [2.45, 2.75) is 6.92 Å². The van der Waals surface area contributed by atoms with Crippen molar-refractivity contribution in [1.82, 2.24) is 9.97 Å². The van der Waals surface area contributed by atoms with E-state index < -0.39 is 0 Å². The summed E-state index contributed by atoms with van der Waals surface area (Å²) in [6, 6.07) is 10.2. The van der Waals surface area contributed by atoms with E-state index >= 15 is 0 Å². The van der Waals surface area contributed by atoms with Gasteiger partial charge >= 0.3 is 0 Å².